The van der Waals surface area contributed by atoms with Crippen LogP contribution in [0.1, 0.15) is 12.7 Å². The number of aryl methyl sites for hydroxylation is 1. The fourth-order valence-corrected chi connectivity index (χ4v) is 2.17. The zero-order valence-electron chi connectivity index (χ0n) is 10.5. The second-order valence-electron chi connectivity index (χ2n) is 4.65. The van der Waals surface area contributed by atoms with Gasteiger partial charge in [-0.2, -0.15) is 0 Å². The fourth-order valence-electron chi connectivity index (χ4n) is 2.17. The Hall–Kier alpha value is -0.910. The van der Waals surface area contributed by atoms with Gasteiger partial charge in [-0.15, -0.1) is 0 Å². The van der Waals surface area contributed by atoms with Crippen LogP contribution in [-0.4, -0.2) is 58.0 Å². The van der Waals surface area contributed by atoms with Crippen LogP contribution in [-0.2, 0) is 11.3 Å². The molecular formula is C12H21N3O2. The maximum atomic E-state index is 9.12. The number of hydrogen-bond donors (Lipinski definition) is 1. The Bertz CT molecular complexity index is 353. The van der Waals surface area contributed by atoms with E-state index in [1.807, 2.05) is 19.3 Å². The lowest BCUT2D eigenvalue weighted by Gasteiger charge is -2.37. The standard InChI is InChI=1S/C12H21N3O2/c1-10-9-17-12(8-16)7-15(10)6-5-14-4-3-13-11(14)2/h3-4,10,12,16H,5-9H2,1-2H3. The Kier molecular flexibility index (Phi) is 4.15. The van der Waals surface area contributed by atoms with Crippen LogP contribution in [0.4, 0.5) is 0 Å². The summed E-state index contributed by atoms with van der Waals surface area (Å²) in [6.07, 6.45) is 3.80. The van der Waals surface area contributed by atoms with Gasteiger partial charge in [0.1, 0.15) is 5.82 Å². The SMILES string of the molecule is Cc1nccn1CCN1CC(CO)OCC1C. The molecule has 0 saturated carbocycles. The Labute approximate surface area is 102 Å². The number of rotatable bonds is 4. The van der Waals surface area contributed by atoms with Gasteiger partial charge >= 0.3 is 0 Å². The van der Waals surface area contributed by atoms with E-state index in [0.29, 0.717) is 12.6 Å². The van der Waals surface area contributed by atoms with E-state index in [4.69, 9.17) is 9.84 Å². The van der Waals surface area contributed by atoms with E-state index < -0.39 is 0 Å². The molecule has 0 bridgehead atoms. The minimum Gasteiger partial charge on any atom is -0.394 e. The van der Waals surface area contributed by atoms with Crippen molar-refractivity contribution >= 4 is 0 Å². The minimum absolute atomic E-state index is 0.0323. The Morgan fingerprint density at radius 2 is 2.35 bits per heavy atom. The van der Waals surface area contributed by atoms with Crippen LogP contribution in [0, 0.1) is 6.92 Å². The van der Waals surface area contributed by atoms with Crippen molar-refractivity contribution in [2.24, 2.45) is 0 Å². The fraction of sp³-hybridized carbons (Fsp3) is 0.750. The molecule has 2 atom stereocenters. The zero-order valence-corrected chi connectivity index (χ0v) is 10.5. The van der Waals surface area contributed by atoms with E-state index in [2.05, 4.69) is 21.4 Å². The predicted molar refractivity (Wildman–Crippen MR) is 64.8 cm³/mol. The number of morpholine rings is 1. The highest BCUT2D eigenvalue weighted by Crippen LogP contribution is 2.11. The van der Waals surface area contributed by atoms with Crippen molar-refractivity contribution in [3.05, 3.63) is 18.2 Å². The Morgan fingerprint density at radius 3 is 3.00 bits per heavy atom. The van der Waals surface area contributed by atoms with Crippen LogP contribution in [0.2, 0.25) is 0 Å². The smallest absolute Gasteiger partial charge is 0.105 e. The molecule has 1 aromatic rings. The first-order valence-electron chi connectivity index (χ1n) is 6.15. The molecule has 17 heavy (non-hydrogen) atoms. The number of ether oxygens (including phenoxy) is 1. The summed E-state index contributed by atoms with van der Waals surface area (Å²) in [7, 11) is 0. The van der Waals surface area contributed by atoms with Crippen molar-refractivity contribution in [2.75, 3.05) is 26.3 Å². The molecule has 2 unspecified atom stereocenters. The molecular weight excluding hydrogens is 218 g/mol. The number of aliphatic hydroxyl groups excluding tert-OH is 1. The first kappa shape index (κ1) is 12.5. The molecule has 1 aromatic heterocycles. The molecule has 0 spiro atoms. The summed E-state index contributed by atoms with van der Waals surface area (Å²) in [4.78, 5) is 6.58. The minimum atomic E-state index is -0.0323. The van der Waals surface area contributed by atoms with Crippen LogP contribution >= 0.6 is 0 Å². The van der Waals surface area contributed by atoms with E-state index in [9.17, 15) is 0 Å². The highest BCUT2D eigenvalue weighted by Gasteiger charge is 2.25. The van der Waals surface area contributed by atoms with E-state index in [-0.39, 0.29) is 12.7 Å². The highest BCUT2D eigenvalue weighted by molar-refractivity contribution is 4.89. The van der Waals surface area contributed by atoms with Crippen molar-refractivity contribution < 1.29 is 9.84 Å². The lowest BCUT2D eigenvalue weighted by atomic mass is 10.2. The third-order valence-electron chi connectivity index (χ3n) is 3.39. The number of nitrogens with zero attached hydrogens (tertiary/aromatic N) is 3. The largest absolute Gasteiger partial charge is 0.394 e. The second kappa shape index (κ2) is 5.62. The quantitative estimate of drug-likeness (QED) is 0.819. The van der Waals surface area contributed by atoms with Crippen molar-refractivity contribution in [1.82, 2.24) is 14.5 Å². The zero-order chi connectivity index (χ0) is 12.3. The van der Waals surface area contributed by atoms with Gasteiger partial charge in [0.25, 0.3) is 0 Å². The van der Waals surface area contributed by atoms with E-state index in [1.165, 1.54) is 0 Å². The molecule has 5 nitrogen and oxygen atoms in total. The first-order valence-corrected chi connectivity index (χ1v) is 6.15. The van der Waals surface area contributed by atoms with Gasteiger partial charge in [0, 0.05) is 38.1 Å². The van der Waals surface area contributed by atoms with Gasteiger partial charge in [0.2, 0.25) is 0 Å². The molecule has 1 N–H and O–H groups in total. The summed E-state index contributed by atoms with van der Waals surface area (Å²) in [5, 5.41) is 9.12. The van der Waals surface area contributed by atoms with E-state index in [1.54, 1.807) is 0 Å². The van der Waals surface area contributed by atoms with Crippen LogP contribution in [0.15, 0.2) is 12.4 Å². The topological polar surface area (TPSA) is 50.5 Å². The number of aliphatic hydroxyl groups is 1. The van der Waals surface area contributed by atoms with E-state index >= 15 is 0 Å². The summed E-state index contributed by atoms with van der Waals surface area (Å²) in [5.41, 5.74) is 0. The number of imidazole rings is 1. The Morgan fingerprint density at radius 1 is 1.53 bits per heavy atom. The Balaban J connectivity index is 1.87. The molecule has 1 fully saturated rings. The van der Waals surface area contributed by atoms with Crippen molar-refractivity contribution in [3.8, 4) is 0 Å². The summed E-state index contributed by atoms with van der Waals surface area (Å²) < 4.78 is 7.67. The van der Waals surface area contributed by atoms with Gasteiger partial charge < -0.3 is 14.4 Å². The van der Waals surface area contributed by atoms with Gasteiger partial charge in [0.05, 0.1) is 19.3 Å². The third kappa shape index (κ3) is 3.06. The summed E-state index contributed by atoms with van der Waals surface area (Å²) in [6, 6.07) is 0.418. The average Bonchev–Trinajstić information content (AvgIpc) is 2.74. The maximum Gasteiger partial charge on any atom is 0.105 e. The van der Waals surface area contributed by atoms with Crippen LogP contribution in [0.3, 0.4) is 0 Å². The van der Waals surface area contributed by atoms with Gasteiger partial charge in [-0.25, -0.2) is 4.98 Å². The lowest BCUT2D eigenvalue weighted by Crippen LogP contribution is -2.50. The van der Waals surface area contributed by atoms with Crippen LogP contribution < -0.4 is 0 Å². The lowest BCUT2D eigenvalue weighted by molar-refractivity contribution is -0.0784. The first-order chi connectivity index (χ1) is 8.20. The molecule has 2 heterocycles. The maximum absolute atomic E-state index is 9.12. The predicted octanol–water partition coefficient (Wildman–Crippen LogP) is 0.273. The summed E-state index contributed by atoms with van der Waals surface area (Å²) in [6.45, 7) is 7.70. The van der Waals surface area contributed by atoms with Crippen molar-refractivity contribution in [1.29, 1.82) is 0 Å². The van der Waals surface area contributed by atoms with Crippen LogP contribution in [0.25, 0.3) is 0 Å². The molecule has 2 rings (SSSR count). The molecule has 5 heteroatoms. The van der Waals surface area contributed by atoms with Crippen LogP contribution in [0.5, 0.6) is 0 Å². The molecule has 96 valence electrons. The second-order valence-corrected chi connectivity index (χ2v) is 4.65. The van der Waals surface area contributed by atoms with E-state index in [0.717, 1.165) is 25.5 Å². The van der Waals surface area contributed by atoms with Crippen molar-refractivity contribution in [2.45, 2.75) is 32.5 Å². The highest BCUT2D eigenvalue weighted by atomic mass is 16.5. The van der Waals surface area contributed by atoms with Crippen molar-refractivity contribution in [3.63, 3.8) is 0 Å². The third-order valence-corrected chi connectivity index (χ3v) is 3.39. The normalized spacial score (nSPS) is 26.3. The number of aromatic nitrogens is 2. The molecule has 1 saturated heterocycles. The van der Waals surface area contributed by atoms with Gasteiger partial charge in [0.15, 0.2) is 0 Å². The molecule has 1 aliphatic rings. The summed E-state index contributed by atoms with van der Waals surface area (Å²) >= 11 is 0. The molecule has 1 aliphatic heterocycles. The molecule has 0 amide bonds. The molecule has 0 radical (unpaired) electrons. The van der Waals surface area contributed by atoms with Gasteiger partial charge in [-0.3, -0.25) is 4.90 Å². The van der Waals surface area contributed by atoms with Gasteiger partial charge in [-0.1, -0.05) is 0 Å². The molecule has 0 aliphatic carbocycles. The number of hydrogen-bond acceptors (Lipinski definition) is 4. The molecule has 0 aromatic carbocycles. The monoisotopic (exact) mass is 239 g/mol. The van der Waals surface area contributed by atoms with Gasteiger partial charge in [-0.05, 0) is 13.8 Å². The average molecular weight is 239 g/mol. The summed E-state index contributed by atoms with van der Waals surface area (Å²) in [5.74, 6) is 1.05.